The Hall–Kier alpha value is -2.83. The Labute approximate surface area is 134 Å². The van der Waals surface area contributed by atoms with Crippen molar-refractivity contribution in [3.63, 3.8) is 0 Å². The summed E-state index contributed by atoms with van der Waals surface area (Å²) in [6.45, 7) is 2.01. The van der Waals surface area contributed by atoms with Gasteiger partial charge in [-0.2, -0.15) is 0 Å². The number of amides is 1. The van der Waals surface area contributed by atoms with Crippen LogP contribution < -0.4 is 4.74 Å². The summed E-state index contributed by atoms with van der Waals surface area (Å²) in [5.41, 5.74) is 1.48. The molecular formula is C16H19N3O4. The predicted octanol–water partition coefficient (Wildman–Crippen LogP) is 2.52. The van der Waals surface area contributed by atoms with Crippen molar-refractivity contribution in [2.75, 3.05) is 14.2 Å². The number of ether oxygens (including phenoxy) is 1. The molecule has 0 saturated carbocycles. The van der Waals surface area contributed by atoms with Crippen LogP contribution in [0.25, 0.3) is 0 Å². The number of aryl methyl sites for hydroxylation is 1. The first-order chi connectivity index (χ1) is 10.8. The normalized spacial score (nSPS) is 10.4. The van der Waals surface area contributed by atoms with Crippen molar-refractivity contribution in [2.45, 2.75) is 13.5 Å². The fourth-order valence-electron chi connectivity index (χ4n) is 2.39. The van der Waals surface area contributed by atoms with Crippen LogP contribution >= 0.6 is 0 Å². The van der Waals surface area contributed by atoms with Crippen LogP contribution in [0.5, 0.6) is 5.75 Å². The molecule has 0 fully saturated rings. The molecule has 0 bridgehead atoms. The second-order valence-corrected chi connectivity index (χ2v) is 5.35. The number of benzene rings is 1. The van der Waals surface area contributed by atoms with Gasteiger partial charge in [-0.3, -0.25) is 14.9 Å². The van der Waals surface area contributed by atoms with Gasteiger partial charge in [0.2, 0.25) is 0 Å². The Kier molecular flexibility index (Phi) is 4.68. The van der Waals surface area contributed by atoms with Crippen molar-refractivity contribution in [1.29, 1.82) is 0 Å². The molecule has 122 valence electrons. The van der Waals surface area contributed by atoms with Gasteiger partial charge in [0.05, 0.1) is 29.7 Å². The van der Waals surface area contributed by atoms with Crippen molar-refractivity contribution in [1.82, 2.24) is 9.47 Å². The highest BCUT2D eigenvalue weighted by atomic mass is 16.6. The van der Waals surface area contributed by atoms with Gasteiger partial charge in [-0.1, -0.05) is 0 Å². The van der Waals surface area contributed by atoms with E-state index in [9.17, 15) is 14.9 Å². The summed E-state index contributed by atoms with van der Waals surface area (Å²) in [4.78, 5) is 24.7. The lowest BCUT2D eigenvalue weighted by atomic mass is 10.1. The molecule has 1 amide bonds. The lowest BCUT2D eigenvalue weighted by Gasteiger charge is -2.18. The van der Waals surface area contributed by atoms with E-state index in [2.05, 4.69) is 0 Å². The standard InChI is InChI=1S/C16H19N3O4/c1-11-14(19(21)22)8-12(9-15(11)23-4)16(20)18(3)10-13-6-5-7-17(13)2/h5-9H,10H2,1-4H3. The molecule has 0 radical (unpaired) electrons. The van der Waals surface area contributed by atoms with Gasteiger partial charge in [0.1, 0.15) is 5.75 Å². The van der Waals surface area contributed by atoms with Crippen molar-refractivity contribution in [3.8, 4) is 5.75 Å². The molecule has 7 nitrogen and oxygen atoms in total. The maximum atomic E-state index is 12.6. The van der Waals surface area contributed by atoms with Gasteiger partial charge in [0, 0.05) is 32.1 Å². The monoisotopic (exact) mass is 317 g/mol. The van der Waals surface area contributed by atoms with Gasteiger partial charge in [-0.05, 0) is 25.1 Å². The molecule has 0 saturated heterocycles. The van der Waals surface area contributed by atoms with Crippen LogP contribution in [0.2, 0.25) is 0 Å². The number of nitro groups is 1. The van der Waals surface area contributed by atoms with Gasteiger partial charge in [0.25, 0.3) is 11.6 Å². The zero-order chi connectivity index (χ0) is 17.1. The Bertz CT molecular complexity index is 752. The van der Waals surface area contributed by atoms with Crippen LogP contribution in [-0.2, 0) is 13.6 Å². The molecule has 0 aliphatic carbocycles. The average molecular weight is 317 g/mol. The molecule has 0 N–H and O–H groups in total. The minimum Gasteiger partial charge on any atom is -0.496 e. The minimum absolute atomic E-state index is 0.125. The topological polar surface area (TPSA) is 77.6 Å². The lowest BCUT2D eigenvalue weighted by molar-refractivity contribution is -0.385. The maximum Gasteiger partial charge on any atom is 0.276 e. The first-order valence-corrected chi connectivity index (χ1v) is 7.03. The van der Waals surface area contributed by atoms with Gasteiger partial charge in [-0.15, -0.1) is 0 Å². The highest BCUT2D eigenvalue weighted by Crippen LogP contribution is 2.30. The number of carbonyl (C=O) groups is 1. The van der Waals surface area contributed by atoms with E-state index < -0.39 is 4.92 Å². The van der Waals surface area contributed by atoms with E-state index in [0.717, 1.165) is 5.69 Å². The average Bonchev–Trinajstić information content (AvgIpc) is 2.91. The molecular weight excluding hydrogens is 298 g/mol. The van der Waals surface area contributed by atoms with Crippen molar-refractivity contribution in [2.24, 2.45) is 7.05 Å². The first-order valence-electron chi connectivity index (χ1n) is 7.03. The van der Waals surface area contributed by atoms with Crippen LogP contribution in [0.15, 0.2) is 30.5 Å². The number of hydrogen-bond acceptors (Lipinski definition) is 4. The Morgan fingerprint density at radius 3 is 2.65 bits per heavy atom. The highest BCUT2D eigenvalue weighted by Gasteiger charge is 2.22. The van der Waals surface area contributed by atoms with Gasteiger partial charge in [0.15, 0.2) is 0 Å². The van der Waals surface area contributed by atoms with Crippen LogP contribution in [0.4, 0.5) is 5.69 Å². The van der Waals surface area contributed by atoms with Crippen LogP contribution in [0.3, 0.4) is 0 Å². The number of nitro benzene ring substituents is 1. The summed E-state index contributed by atoms with van der Waals surface area (Å²) < 4.78 is 7.07. The molecule has 1 heterocycles. The molecule has 0 aliphatic heterocycles. The van der Waals surface area contributed by atoms with E-state index >= 15 is 0 Å². The zero-order valence-corrected chi connectivity index (χ0v) is 13.6. The molecule has 1 aromatic carbocycles. The third kappa shape index (κ3) is 3.33. The second kappa shape index (κ2) is 6.51. The van der Waals surface area contributed by atoms with Gasteiger partial charge in [-0.25, -0.2) is 0 Å². The van der Waals surface area contributed by atoms with Crippen LogP contribution in [0, 0.1) is 17.0 Å². The highest BCUT2D eigenvalue weighted by molar-refractivity contribution is 5.95. The number of rotatable bonds is 5. The Morgan fingerprint density at radius 2 is 2.13 bits per heavy atom. The van der Waals surface area contributed by atoms with E-state index in [4.69, 9.17) is 4.74 Å². The minimum atomic E-state index is -0.508. The molecule has 7 heteroatoms. The molecule has 2 aromatic rings. The fourth-order valence-corrected chi connectivity index (χ4v) is 2.39. The summed E-state index contributed by atoms with van der Waals surface area (Å²) >= 11 is 0. The number of nitrogens with zero attached hydrogens (tertiary/aromatic N) is 3. The number of methoxy groups -OCH3 is 1. The largest absolute Gasteiger partial charge is 0.496 e. The summed E-state index contributed by atoms with van der Waals surface area (Å²) in [6, 6.07) is 6.64. The molecule has 23 heavy (non-hydrogen) atoms. The molecule has 0 spiro atoms. The maximum absolute atomic E-state index is 12.6. The number of aromatic nitrogens is 1. The SMILES string of the molecule is COc1cc(C(=O)N(C)Cc2cccn2C)cc([N+](=O)[O-])c1C. The summed E-state index contributed by atoms with van der Waals surface area (Å²) in [6.07, 6.45) is 1.90. The lowest BCUT2D eigenvalue weighted by Crippen LogP contribution is -2.27. The number of carbonyl (C=O) groups excluding carboxylic acids is 1. The summed E-state index contributed by atoms with van der Waals surface area (Å²) in [7, 11) is 4.98. The smallest absolute Gasteiger partial charge is 0.276 e. The predicted molar refractivity (Wildman–Crippen MR) is 85.6 cm³/mol. The Morgan fingerprint density at radius 1 is 1.43 bits per heavy atom. The molecule has 2 rings (SSSR count). The second-order valence-electron chi connectivity index (χ2n) is 5.35. The van der Waals surface area contributed by atoms with E-state index in [1.807, 2.05) is 29.9 Å². The van der Waals surface area contributed by atoms with E-state index in [1.54, 1.807) is 14.0 Å². The van der Waals surface area contributed by atoms with E-state index in [-0.39, 0.29) is 17.2 Å². The van der Waals surface area contributed by atoms with Crippen LogP contribution in [-0.4, -0.2) is 34.5 Å². The molecule has 0 unspecified atom stereocenters. The number of hydrogen-bond donors (Lipinski definition) is 0. The molecule has 0 atom stereocenters. The summed E-state index contributed by atoms with van der Waals surface area (Å²) in [5.74, 6) is 0.0300. The molecule has 1 aromatic heterocycles. The quantitative estimate of drug-likeness (QED) is 0.627. The first kappa shape index (κ1) is 16.5. The summed E-state index contributed by atoms with van der Waals surface area (Å²) in [5, 5.41) is 11.2. The van der Waals surface area contributed by atoms with Crippen LogP contribution in [0.1, 0.15) is 21.6 Å². The van der Waals surface area contributed by atoms with Gasteiger partial charge < -0.3 is 14.2 Å². The Balaban J connectivity index is 2.33. The van der Waals surface area contributed by atoms with Crippen molar-refractivity contribution >= 4 is 11.6 Å². The third-order valence-corrected chi connectivity index (χ3v) is 3.79. The van der Waals surface area contributed by atoms with Crippen molar-refractivity contribution in [3.05, 3.63) is 57.4 Å². The third-order valence-electron chi connectivity index (χ3n) is 3.79. The fraction of sp³-hybridized carbons (Fsp3) is 0.312. The van der Waals surface area contributed by atoms with Crippen molar-refractivity contribution < 1.29 is 14.5 Å². The van der Waals surface area contributed by atoms with Gasteiger partial charge >= 0.3 is 0 Å². The van der Waals surface area contributed by atoms with E-state index in [1.165, 1.54) is 24.1 Å². The molecule has 0 aliphatic rings. The van der Waals surface area contributed by atoms with E-state index in [0.29, 0.717) is 17.9 Å². The zero-order valence-electron chi connectivity index (χ0n) is 13.6.